The van der Waals surface area contributed by atoms with Gasteiger partial charge in [-0.3, -0.25) is 4.79 Å². The standard InChI is InChI=1S/C12H21NO4/c1-3-13-12(15)17-9(2)16-11(14)10-7-5-4-6-8-10/h9-10H,3-8H2,1-2H3,(H,13,15). The lowest BCUT2D eigenvalue weighted by Crippen LogP contribution is -2.31. The van der Waals surface area contributed by atoms with E-state index in [1.54, 1.807) is 13.8 Å². The van der Waals surface area contributed by atoms with Crippen LogP contribution in [0.15, 0.2) is 0 Å². The van der Waals surface area contributed by atoms with E-state index in [1.165, 1.54) is 6.42 Å². The summed E-state index contributed by atoms with van der Waals surface area (Å²) in [6.07, 6.45) is 3.72. The van der Waals surface area contributed by atoms with Gasteiger partial charge in [-0.2, -0.15) is 0 Å². The molecule has 0 aliphatic heterocycles. The summed E-state index contributed by atoms with van der Waals surface area (Å²) in [5.41, 5.74) is 0. The molecule has 1 aliphatic carbocycles. The molecule has 0 heterocycles. The maximum Gasteiger partial charge on any atom is 0.410 e. The van der Waals surface area contributed by atoms with Gasteiger partial charge in [0.05, 0.1) is 5.92 Å². The highest BCUT2D eigenvalue weighted by atomic mass is 16.7. The van der Waals surface area contributed by atoms with Gasteiger partial charge in [0.2, 0.25) is 6.29 Å². The Morgan fingerprint density at radius 2 is 1.88 bits per heavy atom. The molecule has 1 saturated carbocycles. The number of esters is 1. The number of hydrogen-bond acceptors (Lipinski definition) is 4. The predicted molar refractivity (Wildman–Crippen MR) is 62.3 cm³/mol. The summed E-state index contributed by atoms with van der Waals surface area (Å²) in [4.78, 5) is 22.8. The maximum absolute atomic E-state index is 11.7. The molecular formula is C12H21NO4. The molecule has 1 rings (SSSR count). The number of rotatable bonds is 4. The van der Waals surface area contributed by atoms with Gasteiger partial charge >= 0.3 is 12.1 Å². The molecule has 5 heteroatoms. The first-order valence-corrected chi connectivity index (χ1v) is 6.28. The van der Waals surface area contributed by atoms with E-state index >= 15 is 0 Å². The minimum absolute atomic E-state index is 0.0240. The number of carbonyl (C=O) groups is 2. The van der Waals surface area contributed by atoms with E-state index in [-0.39, 0.29) is 11.9 Å². The van der Waals surface area contributed by atoms with Crippen LogP contribution < -0.4 is 5.32 Å². The van der Waals surface area contributed by atoms with Gasteiger partial charge in [0.1, 0.15) is 0 Å². The Kier molecular flexibility index (Phi) is 5.80. The summed E-state index contributed by atoms with van der Waals surface area (Å²) in [5.74, 6) is -0.273. The summed E-state index contributed by atoms with van der Waals surface area (Å²) in [6, 6.07) is 0. The molecule has 1 N–H and O–H groups in total. The third-order valence-corrected chi connectivity index (χ3v) is 2.81. The maximum atomic E-state index is 11.7. The third-order valence-electron chi connectivity index (χ3n) is 2.81. The highest BCUT2D eigenvalue weighted by Crippen LogP contribution is 2.25. The van der Waals surface area contributed by atoms with Crippen molar-refractivity contribution in [2.24, 2.45) is 5.92 Å². The Labute approximate surface area is 102 Å². The molecule has 0 radical (unpaired) electrons. The fourth-order valence-corrected chi connectivity index (χ4v) is 1.96. The molecule has 1 unspecified atom stereocenters. The van der Waals surface area contributed by atoms with Gasteiger partial charge in [0, 0.05) is 13.5 Å². The summed E-state index contributed by atoms with van der Waals surface area (Å²) < 4.78 is 9.94. The van der Waals surface area contributed by atoms with Crippen LogP contribution in [0.5, 0.6) is 0 Å². The smallest absolute Gasteiger partial charge is 0.410 e. The second-order valence-corrected chi connectivity index (χ2v) is 4.28. The van der Waals surface area contributed by atoms with E-state index in [2.05, 4.69) is 5.32 Å². The van der Waals surface area contributed by atoms with Crippen molar-refractivity contribution in [3.05, 3.63) is 0 Å². The van der Waals surface area contributed by atoms with E-state index in [9.17, 15) is 9.59 Å². The second kappa shape index (κ2) is 7.14. The number of amides is 1. The van der Waals surface area contributed by atoms with Crippen LogP contribution in [0.4, 0.5) is 4.79 Å². The average molecular weight is 243 g/mol. The first-order chi connectivity index (χ1) is 8.13. The molecule has 0 aromatic carbocycles. The molecule has 1 aliphatic rings. The Hall–Kier alpha value is -1.26. The molecule has 0 bridgehead atoms. The van der Waals surface area contributed by atoms with Crippen LogP contribution in [-0.4, -0.2) is 24.9 Å². The van der Waals surface area contributed by atoms with Crippen molar-refractivity contribution in [1.82, 2.24) is 5.32 Å². The van der Waals surface area contributed by atoms with Gasteiger partial charge in [0.25, 0.3) is 0 Å². The highest BCUT2D eigenvalue weighted by molar-refractivity contribution is 5.73. The Balaban J connectivity index is 2.26. The van der Waals surface area contributed by atoms with Crippen molar-refractivity contribution in [2.45, 2.75) is 52.2 Å². The zero-order chi connectivity index (χ0) is 12.7. The first-order valence-electron chi connectivity index (χ1n) is 6.28. The van der Waals surface area contributed by atoms with Crippen LogP contribution in [0.2, 0.25) is 0 Å². The summed E-state index contributed by atoms with van der Waals surface area (Å²) in [5, 5.41) is 2.48. The normalized spacial score (nSPS) is 18.2. The van der Waals surface area contributed by atoms with Crippen LogP contribution in [0, 0.1) is 5.92 Å². The number of ether oxygens (including phenoxy) is 2. The summed E-state index contributed by atoms with van der Waals surface area (Å²) in [7, 11) is 0. The first kappa shape index (κ1) is 13.8. The summed E-state index contributed by atoms with van der Waals surface area (Å²) in [6.45, 7) is 3.83. The fourth-order valence-electron chi connectivity index (χ4n) is 1.96. The molecule has 0 aromatic heterocycles. The molecule has 1 fully saturated rings. The number of carbonyl (C=O) groups excluding carboxylic acids is 2. The quantitative estimate of drug-likeness (QED) is 0.607. The molecular weight excluding hydrogens is 222 g/mol. The number of alkyl carbamates (subject to hydrolysis) is 1. The molecule has 98 valence electrons. The molecule has 5 nitrogen and oxygen atoms in total. The molecule has 0 spiro atoms. The van der Waals surface area contributed by atoms with Crippen molar-refractivity contribution in [3.8, 4) is 0 Å². The van der Waals surface area contributed by atoms with E-state index < -0.39 is 12.4 Å². The van der Waals surface area contributed by atoms with Crippen LogP contribution >= 0.6 is 0 Å². The predicted octanol–water partition coefficient (Wildman–Crippen LogP) is 2.20. The molecule has 1 atom stereocenters. The number of nitrogens with one attached hydrogen (secondary N) is 1. The average Bonchev–Trinajstić information content (AvgIpc) is 2.30. The van der Waals surface area contributed by atoms with Crippen molar-refractivity contribution < 1.29 is 19.1 Å². The van der Waals surface area contributed by atoms with Crippen molar-refractivity contribution >= 4 is 12.1 Å². The van der Waals surface area contributed by atoms with E-state index in [0.29, 0.717) is 6.54 Å². The SMILES string of the molecule is CCNC(=O)OC(C)OC(=O)C1CCCCC1. The lowest BCUT2D eigenvalue weighted by Gasteiger charge is -2.22. The van der Waals surface area contributed by atoms with Gasteiger partial charge in [-0.25, -0.2) is 4.79 Å². The highest BCUT2D eigenvalue weighted by Gasteiger charge is 2.24. The Morgan fingerprint density at radius 1 is 1.24 bits per heavy atom. The fraction of sp³-hybridized carbons (Fsp3) is 0.833. The van der Waals surface area contributed by atoms with Crippen LogP contribution in [0.1, 0.15) is 46.0 Å². The van der Waals surface area contributed by atoms with Gasteiger partial charge in [-0.1, -0.05) is 19.3 Å². The van der Waals surface area contributed by atoms with Crippen LogP contribution in [0.3, 0.4) is 0 Å². The molecule has 0 aromatic rings. The van der Waals surface area contributed by atoms with Crippen LogP contribution in [0.25, 0.3) is 0 Å². The zero-order valence-corrected chi connectivity index (χ0v) is 10.5. The molecule has 1 amide bonds. The van der Waals surface area contributed by atoms with Gasteiger partial charge in [-0.05, 0) is 19.8 Å². The lowest BCUT2D eigenvalue weighted by molar-refractivity contribution is -0.170. The minimum atomic E-state index is -0.823. The molecule has 0 saturated heterocycles. The van der Waals surface area contributed by atoms with Gasteiger partial charge in [-0.15, -0.1) is 0 Å². The summed E-state index contributed by atoms with van der Waals surface area (Å²) >= 11 is 0. The van der Waals surface area contributed by atoms with Gasteiger partial charge < -0.3 is 14.8 Å². The Morgan fingerprint density at radius 3 is 2.47 bits per heavy atom. The van der Waals surface area contributed by atoms with E-state index in [1.807, 2.05) is 0 Å². The second-order valence-electron chi connectivity index (χ2n) is 4.28. The lowest BCUT2D eigenvalue weighted by atomic mass is 9.89. The zero-order valence-electron chi connectivity index (χ0n) is 10.5. The van der Waals surface area contributed by atoms with Crippen molar-refractivity contribution in [3.63, 3.8) is 0 Å². The topological polar surface area (TPSA) is 64.6 Å². The third kappa shape index (κ3) is 5.06. The molecule has 17 heavy (non-hydrogen) atoms. The van der Waals surface area contributed by atoms with E-state index in [4.69, 9.17) is 9.47 Å². The van der Waals surface area contributed by atoms with Crippen molar-refractivity contribution in [1.29, 1.82) is 0 Å². The monoisotopic (exact) mass is 243 g/mol. The minimum Gasteiger partial charge on any atom is -0.425 e. The van der Waals surface area contributed by atoms with Gasteiger partial charge in [0.15, 0.2) is 0 Å². The Bertz CT molecular complexity index is 261. The van der Waals surface area contributed by atoms with Crippen molar-refractivity contribution in [2.75, 3.05) is 6.54 Å². The largest absolute Gasteiger partial charge is 0.425 e. The van der Waals surface area contributed by atoms with Crippen LogP contribution in [-0.2, 0) is 14.3 Å². The van der Waals surface area contributed by atoms with E-state index in [0.717, 1.165) is 25.7 Å². The number of hydrogen-bond donors (Lipinski definition) is 1.